The number of carbonyl (C=O) groups is 1. The summed E-state index contributed by atoms with van der Waals surface area (Å²) in [5.41, 5.74) is 1.70. The highest BCUT2D eigenvalue weighted by Crippen LogP contribution is 2.24. The molecule has 0 N–H and O–H groups in total. The highest BCUT2D eigenvalue weighted by molar-refractivity contribution is 5.79. The molecule has 1 fully saturated rings. The Balaban J connectivity index is 1.66. The Morgan fingerprint density at radius 1 is 1.13 bits per heavy atom. The second kappa shape index (κ2) is 7.32. The van der Waals surface area contributed by atoms with Crippen LogP contribution in [0.5, 0.6) is 0 Å². The maximum atomic E-state index is 12.7. The first-order chi connectivity index (χ1) is 11.3. The van der Waals surface area contributed by atoms with Crippen molar-refractivity contribution in [2.75, 3.05) is 31.1 Å². The van der Waals surface area contributed by atoms with Crippen LogP contribution in [0.25, 0.3) is 0 Å². The molecule has 120 valence electrons. The maximum absolute atomic E-state index is 12.7. The topological polar surface area (TPSA) is 47.3 Å². The fourth-order valence-electron chi connectivity index (χ4n) is 3.50. The highest BCUT2D eigenvalue weighted by atomic mass is 16.2. The Morgan fingerprint density at radius 2 is 2.00 bits per heavy atom. The third kappa shape index (κ3) is 3.56. The predicted molar refractivity (Wildman–Crippen MR) is 91.0 cm³/mol. The van der Waals surface area contributed by atoms with E-state index in [0.29, 0.717) is 11.5 Å². The zero-order chi connectivity index (χ0) is 16.1. The molecule has 0 spiro atoms. The third-order valence-electron chi connectivity index (χ3n) is 4.79. The van der Waals surface area contributed by atoms with Crippen LogP contribution < -0.4 is 4.90 Å². The zero-order valence-electron chi connectivity index (χ0n) is 13.4. The molecule has 0 aromatic heterocycles. The van der Waals surface area contributed by atoms with E-state index in [0.717, 1.165) is 57.5 Å². The summed E-state index contributed by atoms with van der Waals surface area (Å²) in [6.45, 7) is 3.27. The summed E-state index contributed by atoms with van der Waals surface area (Å²) >= 11 is 0. The van der Waals surface area contributed by atoms with Crippen molar-refractivity contribution in [1.82, 2.24) is 4.90 Å². The lowest BCUT2D eigenvalue weighted by Gasteiger charge is -2.27. The molecular weight excluding hydrogens is 286 g/mol. The van der Waals surface area contributed by atoms with Gasteiger partial charge in [-0.2, -0.15) is 5.26 Å². The summed E-state index contributed by atoms with van der Waals surface area (Å²) in [4.78, 5) is 17.0. The molecule has 0 unspecified atom stereocenters. The van der Waals surface area contributed by atoms with Crippen LogP contribution >= 0.6 is 0 Å². The molecule has 2 aliphatic rings. The SMILES string of the molecule is N#Cc1ccccc1N1CCCN(C(=O)[C@H]2CC=CCC2)CC1. The number of carbonyl (C=O) groups excluding carboxylic acids is 1. The highest BCUT2D eigenvalue weighted by Gasteiger charge is 2.26. The number of allylic oxidation sites excluding steroid dienone is 2. The molecule has 0 saturated carbocycles. The normalized spacial score (nSPS) is 21.6. The fraction of sp³-hybridized carbons (Fsp3) is 0.474. The minimum atomic E-state index is 0.165. The molecule has 23 heavy (non-hydrogen) atoms. The van der Waals surface area contributed by atoms with Gasteiger partial charge in [0.2, 0.25) is 5.91 Å². The van der Waals surface area contributed by atoms with Crippen LogP contribution in [0.3, 0.4) is 0 Å². The Hall–Kier alpha value is -2.28. The van der Waals surface area contributed by atoms with E-state index in [1.807, 2.05) is 29.2 Å². The Labute approximate surface area is 138 Å². The fourth-order valence-corrected chi connectivity index (χ4v) is 3.50. The minimum Gasteiger partial charge on any atom is -0.369 e. The van der Waals surface area contributed by atoms with Gasteiger partial charge in [-0.05, 0) is 37.8 Å². The van der Waals surface area contributed by atoms with E-state index in [-0.39, 0.29) is 5.92 Å². The summed E-state index contributed by atoms with van der Waals surface area (Å²) < 4.78 is 0. The van der Waals surface area contributed by atoms with Crippen LogP contribution in [0.1, 0.15) is 31.2 Å². The van der Waals surface area contributed by atoms with E-state index < -0.39 is 0 Å². The van der Waals surface area contributed by atoms with Gasteiger partial charge in [0.05, 0.1) is 11.3 Å². The van der Waals surface area contributed by atoms with Crippen molar-refractivity contribution in [3.63, 3.8) is 0 Å². The number of para-hydroxylation sites is 1. The molecule has 0 bridgehead atoms. The Bertz CT molecular complexity index is 632. The molecule has 1 amide bonds. The number of rotatable bonds is 2. The number of anilines is 1. The summed E-state index contributed by atoms with van der Waals surface area (Å²) in [6, 6.07) is 10.00. The first-order valence-corrected chi connectivity index (χ1v) is 8.47. The molecule has 1 heterocycles. The smallest absolute Gasteiger partial charge is 0.226 e. The zero-order valence-corrected chi connectivity index (χ0v) is 13.4. The van der Waals surface area contributed by atoms with E-state index >= 15 is 0 Å². The number of benzene rings is 1. The van der Waals surface area contributed by atoms with Gasteiger partial charge in [0.15, 0.2) is 0 Å². The molecule has 1 saturated heterocycles. The van der Waals surface area contributed by atoms with Crippen LogP contribution in [0.4, 0.5) is 5.69 Å². The lowest BCUT2D eigenvalue weighted by atomic mass is 9.93. The van der Waals surface area contributed by atoms with Crippen molar-refractivity contribution in [1.29, 1.82) is 5.26 Å². The van der Waals surface area contributed by atoms with E-state index in [9.17, 15) is 10.1 Å². The van der Waals surface area contributed by atoms with E-state index in [4.69, 9.17) is 0 Å². The van der Waals surface area contributed by atoms with Gasteiger partial charge in [0.25, 0.3) is 0 Å². The monoisotopic (exact) mass is 309 g/mol. The number of nitriles is 1. The molecule has 4 nitrogen and oxygen atoms in total. The molecule has 4 heteroatoms. The Morgan fingerprint density at radius 3 is 2.78 bits per heavy atom. The second-order valence-corrected chi connectivity index (χ2v) is 6.28. The van der Waals surface area contributed by atoms with Gasteiger partial charge >= 0.3 is 0 Å². The third-order valence-corrected chi connectivity index (χ3v) is 4.79. The van der Waals surface area contributed by atoms with E-state index in [1.54, 1.807) is 0 Å². The number of hydrogen-bond acceptors (Lipinski definition) is 3. The van der Waals surface area contributed by atoms with Gasteiger partial charge in [0.1, 0.15) is 6.07 Å². The lowest BCUT2D eigenvalue weighted by Crippen LogP contribution is -2.39. The van der Waals surface area contributed by atoms with Crippen molar-refractivity contribution in [3.8, 4) is 6.07 Å². The van der Waals surface area contributed by atoms with Crippen LogP contribution in [0, 0.1) is 17.2 Å². The van der Waals surface area contributed by atoms with Crippen LogP contribution in [-0.2, 0) is 4.79 Å². The lowest BCUT2D eigenvalue weighted by molar-refractivity contribution is -0.135. The molecular formula is C19H23N3O. The molecule has 1 aliphatic carbocycles. The van der Waals surface area contributed by atoms with Crippen LogP contribution in [0.2, 0.25) is 0 Å². The Kier molecular flexibility index (Phi) is 4.97. The van der Waals surface area contributed by atoms with Gasteiger partial charge in [-0.1, -0.05) is 24.3 Å². The molecule has 1 aliphatic heterocycles. The minimum absolute atomic E-state index is 0.165. The van der Waals surface area contributed by atoms with Crippen molar-refractivity contribution in [2.24, 2.45) is 5.92 Å². The second-order valence-electron chi connectivity index (χ2n) is 6.28. The van der Waals surface area contributed by atoms with Gasteiger partial charge < -0.3 is 9.80 Å². The van der Waals surface area contributed by atoms with Gasteiger partial charge in [-0.3, -0.25) is 4.79 Å². The number of hydrogen-bond donors (Lipinski definition) is 0. The maximum Gasteiger partial charge on any atom is 0.226 e. The number of nitrogens with zero attached hydrogens (tertiary/aromatic N) is 3. The largest absolute Gasteiger partial charge is 0.369 e. The first kappa shape index (κ1) is 15.6. The molecule has 1 atom stereocenters. The summed E-state index contributed by atoms with van der Waals surface area (Å²) in [5, 5.41) is 9.28. The molecule has 0 radical (unpaired) electrons. The van der Waals surface area contributed by atoms with Crippen molar-refractivity contribution >= 4 is 11.6 Å². The summed E-state index contributed by atoms with van der Waals surface area (Å²) in [7, 11) is 0. The molecule has 1 aromatic rings. The average molecular weight is 309 g/mol. The summed E-state index contributed by atoms with van der Waals surface area (Å²) in [6.07, 6.45) is 8.15. The van der Waals surface area contributed by atoms with E-state index in [2.05, 4.69) is 23.1 Å². The quantitative estimate of drug-likeness (QED) is 0.789. The molecule has 3 rings (SSSR count). The number of amides is 1. The van der Waals surface area contributed by atoms with Gasteiger partial charge in [-0.15, -0.1) is 0 Å². The van der Waals surface area contributed by atoms with Crippen molar-refractivity contribution < 1.29 is 4.79 Å². The predicted octanol–water partition coefficient (Wildman–Crippen LogP) is 2.95. The van der Waals surface area contributed by atoms with Crippen molar-refractivity contribution in [2.45, 2.75) is 25.7 Å². The van der Waals surface area contributed by atoms with Crippen LogP contribution in [0.15, 0.2) is 36.4 Å². The first-order valence-electron chi connectivity index (χ1n) is 8.47. The van der Waals surface area contributed by atoms with E-state index in [1.165, 1.54) is 0 Å². The average Bonchev–Trinajstić information content (AvgIpc) is 2.88. The van der Waals surface area contributed by atoms with Gasteiger partial charge in [0, 0.05) is 32.1 Å². The van der Waals surface area contributed by atoms with Crippen LogP contribution in [-0.4, -0.2) is 37.0 Å². The summed E-state index contributed by atoms with van der Waals surface area (Å²) in [5.74, 6) is 0.475. The van der Waals surface area contributed by atoms with Crippen molar-refractivity contribution in [3.05, 3.63) is 42.0 Å². The molecule has 1 aromatic carbocycles. The van der Waals surface area contributed by atoms with Gasteiger partial charge in [-0.25, -0.2) is 0 Å². The standard InChI is InChI=1S/C19H23N3O/c20-15-17-9-4-5-10-18(17)21-11-6-12-22(14-13-21)19(23)16-7-2-1-3-8-16/h1-2,4-5,9-10,16H,3,6-8,11-14H2/t16-/m0/s1.